The fraction of sp³-hybridized carbons (Fsp3) is 0.444. The predicted octanol–water partition coefficient (Wildman–Crippen LogP) is 4.55. The van der Waals surface area contributed by atoms with Crippen LogP contribution in [0.4, 0.5) is 0 Å². The van der Waals surface area contributed by atoms with Gasteiger partial charge in [-0.25, -0.2) is 0 Å². The predicted molar refractivity (Wildman–Crippen MR) is 83.8 cm³/mol. The van der Waals surface area contributed by atoms with Gasteiger partial charge in [-0.3, -0.25) is 0 Å². The van der Waals surface area contributed by atoms with Crippen LogP contribution in [-0.4, -0.2) is 5.54 Å². The summed E-state index contributed by atoms with van der Waals surface area (Å²) >= 11 is 0. The minimum atomic E-state index is -0.241. The normalized spacial score (nSPS) is 24.4. The molecular weight excluding hydrogens is 230 g/mol. The molecule has 1 heteroatoms. The van der Waals surface area contributed by atoms with E-state index < -0.39 is 0 Å². The summed E-state index contributed by atoms with van der Waals surface area (Å²) in [5.74, 6) is 0. The lowest BCUT2D eigenvalue weighted by atomic mass is 9.64. The first kappa shape index (κ1) is 14.1. The molecule has 1 aliphatic carbocycles. The van der Waals surface area contributed by atoms with Crippen LogP contribution in [0.25, 0.3) is 5.57 Å². The van der Waals surface area contributed by atoms with E-state index in [2.05, 4.69) is 71.0 Å². The fourth-order valence-electron chi connectivity index (χ4n) is 2.93. The van der Waals surface area contributed by atoms with E-state index in [1.54, 1.807) is 0 Å². The van der Waals surface area contributed by atoms with Gasteiger partial charge in [0.2, 0.25) is 0 Å². The van der Waals surface area contributed by atoms with Crippen molar-refractivity contribution >= 4 is 5.57 Å². The lowest BCUT2D eigenvalue weighted by molar-refractivity contribution is 0.224. The molecule has 1 aromatic carbocycles. The molecule has 1 unspecified atom stereocenters. The van der Waals surface area contributed by atoms with Crippen molar-refractivity contribution in [3.05, 3.63) is 53.1 Å². The van der Waals surface area contributed by atoms with Crippen LogP contribution in [0.15, 0.2) is 47.6 Å². The van der Waals surface area contributed by atoms with Crippen LogP contribution in [0, 0.1) is 5.41 Å². The van der Waals surface area contributed by atoms with Gasteiger partial charge < -0.3 is 5.73 Å². The highest BCUT2D eigenvalue weighted by atomic mass is 14.8. The van der Waals surface area contributed by atoms with Crippen molar-refractivity contribution in [2.24, 2.45) is 11.1 Å². The van der Waals surface area contributed by atoms with Gasteiger partial charge in [0.15, 0.2) is 0 Å². The Morgan fingerprint density at radius 3 is 2.16 bits per heavy atom. The number of hydrogen-bond acceptors (Lipinski definition) is 1. The Bertz CT molecular complexity index is 529. The van der Waals surface area contributed by atoms with E-state index in [0.29, 0.717) is 0 Å². The van der Waals surface area contributed by atoms with Crippen LogP contribution in [0.3, 0.4) is 0 Å². The van der Waals surface area contributed by atoms with Crippen LogP contribution in [-0.2, 0) is 0 Å². The van der Waals surface area contributed by atoms with Gasteiger partial charge in [-0.15, -0.1) is 0 Å². The monoisotopic (exact) mass is 255 g/mol. The van der Waals surface area contributed by atoms with Crippen molar-refractivity contribution in [2.75, 3.05) is 0 Å². The lowest BCUT2D eigenvalue weighted by Gasteiger charge is -2.45. The van der Waals surface area contributed by atoms with Gasteiger partial charge in [0.05, 0.1) is 0 Å². The smallest absolute Gasteiger partial charge is 0.0456 e. The molecule has 0 spiro atoms. The van der Waals surface area contributed by atoms with Crippen molar-refractivity contribution in [1.29, 1.82) is 0 Å². The molecule has 0 saturated heterocycles. The zero-order chi connectivity index (χ0) is 14.3. The van der Waals surface area contributed by atoms with Crippen molar-refractivity contribution in [2.45, 2.75) is 46.6 Å². The highest BCUT2D eigenvalue weighted by molar-refractivity contribution is 5.79. The van der Waals surface area contributed by atoms with Crippen LogP contribution in [0.2, 0.25) is 0 Å². The Morgan fingerprint density at radius 2 is 1.63 bits per heavy atom. The standard InChI is InChI=1S/C18H25N/c1-13-12-18(19,17(3,4)5)14(2)11-16(13)15-9-7-6-8-10-15/h6-11H,12,19H2,1-5H3. The molecule has 1 aliphatic rings. The van der Waals surface area contributed by atoms with E-state index in [-0.39, 0.29) is 11.0 Å². The SMILES string of the molecule is CC1=CC(c2ccccc2)=C(C)CC1(N)C(C)(C)C. The number of rotatable bonds is 1. The largest absolute Gasteiger partial charge is 0.321 e. The molecule has 0 bridgehead atoms. The molecule has 19 heavy (non-hydrogen) atoms. The molecule has 1 aromatic rings. The quantitative estimate of drug-likeness (QED) is 0.782. The summed E-state index contributed by atoms with van der Waals surface area (Å²) in [7, 11) is 0. The molecule has 0 amide bonds. The lowest BCUT2D eigenvalue weighted by Crippen LogP contribution is -2.53. The Labute approximate surface area is 117 Å². The van der Waals surface area contributed by atoms with Gasteiger partial charge in [0, 0.05) is 5.54 Å². The molecular formula is C18H25N. The summed E-state index contributed by atoms with van der Waals surface area (Å²) < 4.78 is 0. The van der Waals surface area contributed by atoms with Crippen molar-refractivity contribution in [1.82, 2.24) is 0 Å². The van der Waals surface area contributed by atoms with Gasteiger partial charge in [-0.2, -0.15) is 0 Å². The minimum Gasteiger partial charge on any atom is -0.321 e. The van der Waals surface area contributed by atoms with Gasteiger partial charge in [-0.1, -0.05) is 68.3 Å². The summed E-state index contributed by atoms with van der Waals surface area (Å²) in [6, 6.07) is 10.6. The van der Waals surface area contributed by atoms with Crippen LogP contribution >= 0.6 is 0 Å². The zero-order valence-corrected chi connectivity index (χ0v) is 12.7. The van der Waals surface area contributed by atoms with Gasteiger partial charge in [-0.05, 0) is 36.8 Å². The second kappa shape index (κ2) is 4.64. The van der Waals surface area contributed by atoms with E-state index in [4.69, 9.17) is 5.73 Å². The van der Waals surface area contributed by atoms with E-state index in [1.165, 1.54) is 22.3 Å². The molecule has 2 rings (SSSR count). The van der Waals surface area contributed by atoms with E-state index >= 15 is 0 Å². The first-order valence-corrected chi connectivity index (χ1v) is 6.98. The van der Waals surface area contributed by atoms with Crippen molar-refractivity contribution in [3.8, 4) is 0 Å². The second-order valence-corrected chi connectivity index (χ2v) is 6.79. The number of allylic oxidation sites excluding steroid dienone is 2. The number of hydrogen-bond donors (Lipinski definition) is 1. The highest BCUT2D eigenvalue weighted by Crippen LogP contribution is 2.44. The van der Waals surface area contributed by atoms with Crippen LogP contribution in [0.1, 0.15) is 46.6 Å². The average molecular weight is 255 g/mol. The average Bonchev–Trinajstić information content (AvgIpc) is 2.33. The molecule has 0 radical (unpaired) electrons. The van der Waals surface area contributed by atoms with Crippen molar-refractivity contribution in [3.63, 3.8) is 0 Å². The molecule has 0 heterocycles. The Balaban J connectivity index is 2.46. The summed E-state index contributed by atoms with van der Waals surface area (Å²) in [6.45, 7) is 11.1. The molecule has 0 saturated carbocycles. The summed E-state index contributed by atoms with van der Waals surface area (Å²) in [5, 5.41) is 0. The maximum absolute atomic E-state index is 6.71. The number of benzene rings is 1. The van der Waals surface area contributed by atoms with Crippen molar-refractivity contribution < 1.29 is 0 Å². The Morgan fingerprint density at radius 1 is 1.05 bits per heavy atom. The molecule has 0 aromatic heterocycles. The fourth-order valence-corrected chi connectivity index (χ4v) is 2.93. The maximum Gasteiger partial charge on any atom is 0.0456 e. The summed E-state index contributed by atoms with van der Waals surface area (Å²) in [5.41, 5.74) is 11.8. The second-order valence-electron chi connectivity index (χ2n) is 6.79. The molecule has 1 atom stereocenters. The highest BCUT2D eigenvalue weighted by Gasteiger charge is 2.41. The third kappa shape index (κ3) is 2.40. The molecule has 102 valence electrons. The zero-order valence-electron chi connectivity index (χ0n) is 12.7. The summed E-state index contributed by atoms with van der Waals surface area (Å²) in [6.07, 6.45) is 3.21. The van der Waals surface area contributed by atoms with Crippen LogP contribution < -0.4 is 5.73 Å². The van der Waals surface area contributed by atoms with E-state index in [0.717, 1.165) is 6.42 Å². The van der Waals surface area contributed by atoms with Gasteiger partial charge in [0.1, 0.15) is 0 Å². The molecule has 0 fully saturated rings. The van der Waals surface area contributed by atoms with Gasteiger partial charge in [0.25, 0.3) is 0 Å². The Hall–Kier alpha value is -1.34. The van der Waals surface area contributed by atoms with E-state index in [1.807, 2.05) is 0 Å². The third-order valence-corrected chi connectivity index (χ3v) is 4.49. The van der Waals surface area contributed by atoms with Gasteiger partial charge >= 0.3 is 0 Å². The Kier molecular flexibility index (Phi) is 3.44. The molecule has 0 aliphatic heterocycles. The minimum absolute atomic E-state index is 0.0665. The first-order valence-electron chi connectivity index (χ1n) is 6.98. The van der Waals surface area contributed by atoms with E-state index in [9.17, 15) is 0 Å². The third-order valence-electron chi connectivity index (χ3n) is 4.49. The molecule has 1 nitrogen and oxygen atoms in total. The topological polar surface area (TPSA) is 26.0 Å². The molecule has 2 N–H and O–H groups in total. The number of nitrogens with two attached hydrogens (primary N) is 1. The summed E-state index contributed by atoms with van der Waals surface area (Å²) in [4.78, 5) is 0. The van der Waals surface area contributed by atoms with Crippen LogP contribution in [0.5, 0.6) is 0 Å². The first-order chi connectivity index (χ1) is 8.75. The maximum atomic E-state index is 6.71.